The summed E-state index contributed by atoms with van der Waals surface area (Å²) in [6.45, 7) is 0.791. The number of nitrogens with one attached hydrogen (secondary N) is 2. The number of ether oxygens (including phenoxy) is 1. The van der Waals surface area contributed by atoms with E-state index < -0.39 is 24.1 Å². The van der Waals surface area contributed by atoms with Crippen LogP contribution in [0.5, 0.6) is 11.5 Å². The fourth-order valence-corrected chi connectivity index (χ4v) is 6.14. The Morgan fingerprint density at radius 3 is 1.92 bits per heavy atom. The normalized spacial score (nSPS) is 13.2. The maximum Gasteiger partial charge on any atom is 0.190 e. The van der Waals surface area contributed by atoms with Crippen LogP contribution in [0.25, 0.3) is 49.2 Å². The van der Waals surface area contributed by atoms with Crippen LogP contribution in [0, 0.1) is 0 Å². The third kappa shape index (κ3) is 2.72. The van der Waals surface area contributed by atoms with Crippen LogP contribution < -0.4 is 26.6 Å². The number of allylic oxidation sites excluding steroid dienone is 1. The van der Waals surface area contributed by atoms with Gasteiger partial charge in [-0.2, -0.15) is 0 Å². The number of phenolic OH excluding ortho intramolecular Hbond substituents is 1. The lowest BCUT2D eigenvalue weighted by atomic mass is 9.81. The molecule has 0 bridgehead atoms. The minimum atomic E-state index is -0.531. The van der Waals surface area contributed by atoms with Crippen LogP contribution in [0.15, 0.2) is 27.3 Å². The van der Waals surface area contributed by atoms with Gasteiger partial charge in [0.1, 0.15) is 0 Å². The van der Waals surface area contributed by atoms with E-state index >= 15 is 0 Å². The van der Waals surface area contributed by atoms with E-state index in [1.54, 1.807) is 6.08 Å². The molecule has 0 fully saturated rings. The maximum atomic E-state index is 13.4. The lowest BCUT2D eigenvalue weighted by Crippen LogP contribution is -2.13. The van der Waals surface area contributed by atoms with Crippen molar-refractivity contribution in [3.63, 3.8) is 0 Å². The van der Waals surface area contributed by atoms with E-state index in [1.165, 1.54) is 19.2 Å². The Kier molecular flexibility index (Phi) is 4.95. The predicted octanol–water partition coefficient (Wildman–Crippen LogP) is 3.16. The van der Waals surface area contributed by atoms with Gasteiger partial charge in [-0.05, 0) is 52.8 Å². The Bertz CT molecular complexity index is 1950. The van der Waals surface area contributed by atoms with Crippen LogP contribution in [0.2, 0.25) is 0 Å². The lowest BCUT2D eigenvalue weighted by molar-refractivity contribution is 0.282. The monoisotopic (exact) mass is 502 g/mol. The average Bonchev–Trinajstić information content (AvgIpc) is 3.03. The highest BCUT2D eigenvalue weighted by molar-refractivity contribution is 6.39. The fourth-order valence-electron chi connectivity index (χ4n) is 6.14. The number of fused-ring (bicyclic) bond motifs is 1. The molecule has 188 valence electrons. The predicted molar refractivity (Wildman–Crippen MR) is 140 cm³/mol. The average molecular weight is 502 g/mol. The minimum absolute atomic E-state index is 0.0231. The number of rotatable bonds is 5. The smallest absolute Gasteiger partial charge is 0.190 e. The molecule has 0 aliphatic heterocycles. The zero-order valence-electron chi connectivity index (χ0n) is 19.8. The second-order valence-electron chi connectivity index (χ2n) is 9.30. The van der Waals surface area contributed by atoms with Crippen LogP contribution >= 0.6 is 0 Å². The molecule has 10 nitrogen and oxygen atoms in total. The van der Waals surface area contributed by atoms with Crippen molar-refractivity contribution < 1.29 is 30.5 Å². The summed E-state index contributed by atoms with van der Waals surface area (Å²) in [6, 6.07) is 2.44. The van der Waals surface area contributed by atoms with E-state index in [9.17, 15) is 35.3 Å². The Labute approximate surface area is 207 Å². The quantitative estimate of drug-likeness (QED) is 0.108. The first-order chi connectivity index (χ1) is 17.8. The molecule has 0 heterocycles. The molecule has 0 spiro atoms. The van der Waals surface area contributed by atoms with Crippen LogP contribution in [-0.4, -0.2) is 32.8 Å². The summed E-state index contributed by atoms with van der Waals surface area (Å²) in [7, 11) is 1.38. The largest absolute Gasteiger partial charge is 0.504 e. The SMILES string of the molecule is COc1c(O)c2c(=O)cc(CO)c3c4c(CO)cc(=O)c5c(NO)c(NO)c6c(c(c1CC(C)=C6)c23)c54. The van der Waals surface area contributed by atoms with Crippen molar-refractivity contribution >= 4 is 60.5 Å². The van der Waals surface area contributed by atoms with Crippen LogP contribution in [0.4, 0.5) is 11.4 Å². The third-order valence-corrected chi connectivity index (χ3v) is 7.43. The molecule has 10 heteroatoms. The van der Waals surface area contributed by atoms with E-state index in [0.29, 0.717) is 49.9 Å². The van der Waals surface area contributed by atoms with Crippen molar-refractivity contribution in [1.29, 1.82) is 0 Å². The number of hydrogen-bond donors (Lipinski definition) is 7. The second kappa shape index (κ2) is 7.89. The van der Waals surface area contributed by atoms with Crippen molar-refractivity contribution in [1.82, 2.24) is 0 Å². The molecule has 5 aromatic carbocycles. The van der Waals surface area contributed by atoms with Crippen molar-refractivity contribution in [2.45, 2.75) is 26.6 Å². The summed E-state index contributed by atoms with van der Waals surface area (Å²) in [5.41, 5.74) is 5.31. The molecule has 0 aromatic heterocycles. The van der Waals surface area contributed by atoms with Gasteiger partial charge in [-0.3, -0.25) is 31.0 Å². The van der Waals surface area contributed by atoms with Crippen LogP contribution in [0.1, 0.15) is 29.2 Å². The second-order valence-corrected chi connectivity index (χ2v) is 9.30. The zero-order chi connectivity index (χ0) is 26.3. The minimum Gasteiger partial charge on any atom is -0.504 e. The van der Waals surface area contributed by atoms with Gasteiger partial charge in [0, 0.05) is 27.3 Å². The molecule has 5 aromatic rings. The number of anilines is 2. The van der Waals surface area contributed by atoms with E-state index in [-0.39, 0.29) is 44.8 Å². The first kappa shape index (κ1) is 23.2. The van der Waals surface area contributed by atoms with E-state index in [1.807, 2.05) is 12.4 Å². The number of aliphatic hydroxyl groups is 2. The van der Waals surface area contributed by atoms with Crippen molar-refractivity contribution in [2.24, 2.45) is 0 Å². The van der Waals surface area contributed by atoms with E-state index in [4.69, 9.17) is 4.74 Å². The number of hydrogen-bond acceptors (Lipinski definition) is 10. The number of benzene rings is 5. The van der Waals surface area contributed by atoms with Crippen LogP contribution in [-0.2, 0) is 19.6 Å². The van der Waals surface area contributed by atoms with Crippen molar-refractivity contribution in [3.05, 3.63) is 60.4 Å². The molecule has 0 atom stereocenters. The fraction of sp³-hybridized carbons (Fsp3) is 0.185. The summed E-state index contributed by atoms with van der Waals surface area (Å²) in [5, 5.41) is 54.6. The van der Waals surface area contributed by atoms with Gasteiger partial charge in [0.15, 0.2) is 22.4 Å². The molecule has 37 heavy (non-hydrogen) atoms. The van der Waals surface area contributed by atoms with Gasteiger partial charge in [0.2, 0.25) is 0 Å². The maximum absolute atomic E-state index is 13.4. The Morgan fingerprint density at radius 1 is 0.811 bits per heavy atom. The van der Waals surface area contributed by atoms with E-state index in [0.717, 1.165) is 5.57 Å². The summed E-state index contributed by atoms with van der Waals surface area (Å²) in [6.07, 6.45) is 2.07. The Hall–Kier alpha value is -4.22. The molecule has 7 N–H and O–H groups in total. The topological polar surface area (TPSA) is 169 Å². The summed E-state index contributed by atoms with van der Waals surface area (Å²) >= 11 is 0. The first-order valence-corrected chi connectivity index (χ1v) is 11.5. The van der Waals surface area contributed by atoms with Crippen molar-refractivity contribution in [2.75, 3.05) is 18.1 Å². The number of phenols is 1. The molecule has 0 saturated carbocycles. The molecule has 6 rings (SSSR count). The first-order valence-electron chi connectivity index (χ1n) is 11.5. The van der Waals surface area contributed by atoms with Crippen LogP contribution in [0.3, 0.4) is 0 Å². The highest BCUT2D eigenvalue weighted by Crippen LogP contribution is 2.54. The van der Waals surface area contributed by atoms with Gasteiger partial charge < -0.3 is 20.1 Å². The van der Waals surface area contributed by atoms with Gasteiger partial charge in [0.25, 0.3) is 0 Å². The zero-order valence-corrected chi connectivity index (χ0v) is 19.8. The standard InChI is InChI=1S/C27H22N2O8/c1-9-3-12-18-19-13(4-9)27(37-2)26(34)21-15(33)6-11(8-31)17(23(19)21)16-10(7-30)5-14(32)20(22(16)18)25(29-36)24(12)28-35/h3,5-6,28-31,34-36H,4,7-8H2,1-2H3. The Balaban J connectivity index is 2.19. The number of methoxy groups -OCH3 is 1. The number of aromatic hydroxyl groups is 1. The third-order valence-electron chi connectivity index (χ3n) is 7.43. The highest BCUT2D eigenvalue weighted by atomic mass is 16.5. The highest BCUT2D eigenvalue weighted by Gasteiger charge is 2.32. The summed E-state index contributed by atoms with van der Waals surface area (Å²) < 4.78 is 5.60. The molecule has 0 radical (unpaired) electrons. The van der Waals surface area contributed by atoms with Crippen molar-refractivity contribution in [3.8, 4) is 11.5 Å². The molecule has 1 aliphatic rings. The molecular formula is C27H22N2O8. The van der Waals surface area contributed by atoms with Gasteiger partial charge in [-0.1, -0.05) is 11.6 Å². The molecule has 0 saturated heterocycles. The van der Waals surface area contributed by atoms with E-state index in [2.05, 4.69) is 5.48 Å². The van der Waals surface area contributed by atoms with Gasteiger partial charge in [-0.15, -0.1) is 0 Å². The lowest BCUT2D eigenvalue weighted by Gasteiger charge is -2.24. The van der Waals surface area contributed by atoms with Gasteiger partial charge >= 0.3 is 0 Å². The molecular weight excluding hydrogens is 480 g/mol. The summed E-state index contributed by atoms with van der Waals surface area (Å²) in [4.78, 5) is 26.7. The number of aliphatic hydroxyl groups excluding tert-OH is 2. The summed E-state index contributed by atoms with van der Waals surface area (Å²) in [5.74, 6) is -0.244. The molecule has 0 unspecified atom stereocenters. The molecule has 1 aliphatic carbocycles. The molecule has 0 amide bonds. The van der Waals surface area contributed by atoms with Gasteiger partial charge in [0.05, 0.1) is 42.5 Å². The van der Waals surface area contributed by atoms with Gasteiger partial charge in [-0.25, -0.2) is 0 Å². The Morgan fingerprint density at radius 2 is 1.38 bits per heavy atom.